The van der Waals surface area contributed by atoms with Crippen molar-refractivity contribution in [3.63, 3.8) is 0 Å². The minimum Gasteiger partial charge on any atom is -0.300 e. The van der Waals surface area contributed by atoms with Crippen LogP contribution in [0.15, 0.2) is 12.1 Å². The molecule has 0 radical (unpaired) electrons. The molecule has 1 heterocycles. The lowest BCUT2D eigenvalue weighted by Crippen LogP contribution is -2.17. The number of nitrogens with zero attached hydrogens (tertiary/aromatic N) is 1. The maximum Gasteiger partial charge on any atom is 0.133 e. The number of aryl methyl sites for hydroxylation is 2. The van der Waals surface area contributed by atoms with Crippen LogP contribution in [0.1, 0.15) is 42.6 Å². The van der Waals surface area contributed by atoms with E-state index >= 15 is 0 Å². The Bertz CT molecular complexity index is 377. The van der Waals surface area contributed by atoms with Crippen LogP contribution in [0.5, 0.6) is 0 Å². The quantitative estimate of drug-likeness (QED) is 0.762. The van der Waals surface area contributed by atoms with Gasteiger partial charge in [-0.15, -0.1) is 0 Å². The summed E-state index contributed by atoms with van der Waals surface area (Å²) >= 11 is 0. The van der Waals surface area contributed by atoms with E-state index in [-0.39, 0.29) is 0 Å². The average molecular weight is 217 g/mol. The zero-order valence-electron chi connectivity index (χ0n) is 10.1. The highest BCUT2D eigenvalue weighted by Crippen LogP contribution is 2.25. The molecule has 1 unspecified atom stereocenters. The normalized spacial score (nSPS) is 21.1. The minimum absolute atomic E-state index is 0.443. The van der Waals surface area contributed by atoms with Gasteiger partial charge in [0.2, 0.25) is 0 Å². The van der Waals surface area contributed by atoms with Gasteiger partial charge in [0.1, 0.15) is 5.78 Å². The van der Waals surface area contributed by atoms with Gasteiger partial charge in [0.05, 0.1) is 0 Å². The van der Waals surface area contributed by atoms with Crippen LogP contribution in [0.2, 0.25) is 0 Å². The van der Waals surface area contributed by atoms with Crippen molar-refractivity contribution in [3.05, 3.63) is 29.1 Å². The molecule has 2 heteroatoms. The van der Waals surface area contributed by atoms with Crippen LogP contribution in [-0.4, -0.2) is 10.8 Å². The summed E-state index contributed by atoms with van der Waals surface area (Å²) in [7, 11) is 0. The number of hydrogen-bond donors (Lipinski definition) is 0. The van der Waals surface area contributed by atoms with Gasteiger partial charge in [0, 0.05) is 24.2 Å². The Morgan fingerprint density at radius 2 is 2.00 bits per heavy atom. The average Bonchev–Trinajstić information content (AvgIpc) is 2.15. The van der Waals surface area contributed by atoms with Gasteiger partial charge in [-0.05, 0) is 56.7 Å². The molecule has 0 spiro atoms. The second-order valence-electron chi connectivity index (χ2n) is 4.96. The second kappa shape index (κ2) is 4.77. The van der Waals surface area contributed by atoms with Gasteiger partial charge in [-0.1, -0.05) is 0 Å². The van der Waals surface area contributed by atoms with Crippen molar-refractivity contribution in [2.45, 2.75) is 46.0 Å². The number of aromatic nitrogens is 1. The van der Waals surface area contributed by atoms with Gasteiger partial charge in [0.25, 0.3) is 0 Å². The number of ketones is 1. The van der Waals surface area contributed by atoms with Crippen LogP contribution >= 0.6 is 0 Å². The summed E-state index contributed by atoms with van der Waals surface area (Å²) in [5, 5.41) is 0. The Hall–Kier alpha value is -1.18. The molecule has 1 aromatic rings. The lowest BCUT2D eigenvalue weighted by Gasteiger charge is -2.20. The molecule has 0 N–H and O–H groups in total. The highest BCUT2D eigenvalue weighted by atomic mass is 16.1. The van der Waals surface area contributed by atoms with Crippen molar-refractivity contribution in [3.8, 4) is 0 Å². The maximum atomic E-state index is 11.4. The molecule has 0 saturated heterocycles. The van der Waals surface area contributed by atoms with E-state index in [1.165, 1.54) is 12.0 Å². The van der Waals surface area contributed by atoms with Gasteiger partial charge in [-0.25, -0.2) is 0 Å². The van der Waals surface area contributed by atoms with E-state index in [2.05, 4.69) is 17.1 Å². The first-order chi connectivity index (χ1) is 7.63. The number of Topliss-reactive ketones (excluding diaryl/α,β-unsaturated/α-hetero) is 1. The fourth-order valence-electron chi connectivity index (χ4n) is 2.66. The molecular formula is C14H19NO. The lowest BCUT2D eigenvalue weighted by molar-refractivity contribution is -0.121. The minimum atomic E-state index is 0.443. The Morgan fingerprint density at radius 1 is 1.31 bits per heavy atom. The molecule has 1 aromatic heterocycles. The summed E-state index contributed by atoms with van der Waals surface area (Å²) in [5.74, 6) is 1.00. The molecule has 0 aromatic carbocycles. The van der Waals surface area contributed by atoms with Crippen LogP contribution in [0, 0.1) is 19.8 Å². The van der Waals surface area contributed by atoms with Crippen LogP contribution < -0.4 is 0 Å². The number of rotatable bonds is 2. The zero-order chi connectivity index (χ0) is 11.5. The van der Waals surface area contributed by atoms with E-state index in [0.717, 1.165) is 37.1 Å². The van der Waals surface area contributed by atoms with Crippen molar-refractivity contribution >= 4 is 5.78 Å². The van der Waals surface area contributed by atoms with Crippen molar-refractivity contribution in [2.75, 3.05) is 0 Å². The highest BCUT2D eigenvalue weighted by molar-refractivity contribution is 5.79. The summed E-state index contributed by atoms with van der Waals surface area (Å²) < 4.78 is 0. The van der Waals surface area contributed by atoms with E-state index in [9.17, 15) is 4.79 Å². The fraction of sp³-hybridized carbons (Fsp3) is 0.571. The first-order valence-electron chi connectivity index (χ1n) is 6.09. The van der Waals surface area contributed by atoms with Crippen molar-refractivity contribution in [2.24, 2.45) is 5.92 Å². The lowest BCUT2D eigenvalue weighted by atomic mass is 9.84. The van der Waals surface area contributed by atoms with E-state index < -0.39 is 0 Å². The Labute approximate surface area is 97.1 Å². The first kappa shape index (κ1) is 11.3. The summed E-state index contributed by atoms with van der Waals surface area (Å²) in [6.07, 6.45) is 4.89. The molecule has 1 aliphatic carbocycles. The molecule has 1 saturated carbocycles. The number of hydrogen-bond acceptors (Lipinski definition) is 2. The molecule has 0 aliphatic heterocycles. The van der Waals surface area contributed by atoms with Crippen molar-refractivity contribution in [1.29, 1.82) is 0 Å². The third-order valence-corrected chi connectivity index (χ3v) is 3.25. The fourth-order valence-corrected chi connectivity index (χ4v) is 2.66. The summed E-state index contributed by atoms with van der Waals surface area (Å²) in [4.78, 5) is 15.8. The molecule has 1 atom stereocenters. The van der Waals surface area contributed by atoms with Gasteiger partial charge < -0.3 is 0 Å². The van der Waals surface area contributed by atoms with Gasteiger partial charge in [-0.2, -0.15) is 0 Å². The number of carbonyl (C=O) groups is 1. The number of carbonyl (C=O) groups excluding carboxylic acids is 1. The van der Waals surface area contributed by atoms with Crippen LogP contribution in [-0.2, 0) is 11.2 Å². The standard InChI is InChI=1S/C14H19NO/c1-10-6-13(7-11(2)15-10)8-12-4-3-5-14(16)9-12/h6-7,12H,3-5,8-9H2,1-2H3. The van der Waals surface area contributed by atoms with Crippen molar-refractivity contribution in [1.82, 2.24) is 4.98 Å². The van der Waals surface area contributed by atoms with Gasteiger partial charge >= 0.3 is 0 Å². The third kappa shape index (κ3) is 2.91. The zero-order valence-corrected chi connectivity index (χ0v) is 10.1. The smallest absolute Gasteiger partial charge is 0.133 e. The maximum absolute atomic E-state index is 11.4. The molecule has 0 bridgehead atoms. The Morgan fingerprint density at radius 3 is 2.62 bits per heavy atom. The molecule has 2 nitrogen and oxygen atoms in total. The van der Waals surface area contributed by atoms with Gasteiger partial charge in [0.15, 0.2) is 0 Å². The predicted molar refractivity (Wildman–Crippen MR) is 64.4 cm³/mol. The van der Waals surface area contributed by atoms with E-state index in [0.29, 0.717) is 11.7 Å². The molecule has 86 valence electrons. The van der Waals surface area contributed by atoms with E-state index in [1.807, 2.05) is 13.8 Å². The van der Waals surface area contributed by atoms with Crippen molar-refractivity contribution < 1.29 is 4.79 Å². The monoisotopic (exact) mass is 217 g/mol. The summed E-state index contributed by atoms with van der Waals surface area (Å²) in [6, 6.07) is 4.29. The predicted octanol–water partition coefficient (Wildman–Crippen LogP) is 3.00. The molecular weight excluding hydrogens is 198 g/mol. The van der Waals surface area contributed by atoms with Crippen LogP contribution in [0.3, 0.4) is 0 Å². The topological polar surface area (TPSA) is 30.0 Å². The Kier molecular flexibility index (Phi) is 3.37. The SMILES string of the molecule is Cc1cc(CC2CCCC(=O)C2)cc(C)n1. The third-order valence-electron chi connectivity index (χ3n) is 3.25. The molecule has 2 rings (SSSR count). The second-order valence-corrected chi connectivity index (χ2v) is 4.96. The first-order valence-corrected chi connectivity index (χ1v) is 6.09. The summed E-state index contributed by atoms with van der Waals surface area (Å²) in [5.41, 5.74) is 3.50. The van der Waals surface area contributed by atoms with Crippen LogP contribution in [0.25, 0.3) is 0 Å². The Balaban J connectivity index is 2.05. The largest absolute Gasteiger partial charge is 0.300 e. The van der Waals surface area contributed by atoms with E-state index in [1.54, 1.807) is 0 Å². The molecule has 0 amide bonds. The molecule has 1 fully saturated rings. The van der Waals surface area contributed by atoms with E-state index in [4.69, 9.17) is 0 Å². The molecule has 16 heavy (non-hydrogen) atoms. The highest BCUT2D eigenvalue weighted by Gasteiger charge is 2.19. The summed E-state index contributed by atoms with van der Waals surface area (Å²) in [6.45, 7) is 4.06. The molecule has 1 aliphatic rings. The van der Waals surface area contributed by atoms with Gasteiger partial charge in [-0.3, -0.25) is 9.78 Å². The number of pyridine rings is 1. The van der Waals surface area contributed by atoms with Crippen LogP contribution in [0.4, 0.5) is 0 Å².